The summed E-state index contributed by atoms with van der Waals surface area (Å²) in [6.07, 6.45) is 0. The zero-order valence-electron chi connectivity index (χ0n) is 15.6. The second-order valence-corrected chi connectivity index (χ2v) is 5.83. The van der Waals surface area contributed by atoms with Gasteiger partial charge in [-0.3, -0.25) is 29.9 Å². The topological polar surface area (TPSA) is 157 Å². The Bertz CT molecular complexity index is 977. The molecule has 0 aliphatic carbocycles. The Labute approximate surface area is 163 Å². The molecule has 0 aliphatic rings. The van der Waals surface area contributed by atoms with Gasteiger partial charge in [0.2, 0.25) is 11.0 Å². The Morgan fingerprint density at radius 1 is 0.966 bits per heavy atom. The van der Waals surface area contributed by atoms with Gasteiger partial charge in [-0.15, -0.1) is 0 Å². The molecule has 0 N–H and O–H groups in total. The molecule has 0 spiro atoms. The normalized spacial score (nSPS) is 10.9. The van der Waals surface area contributed by atoms with E-state index in [1.165, 1.54) is 33.3 Å². The number of hydrazine groups is 1. The van der Waals surface area contributed by atoms with Gasteiger partial charge in [0.15, 0.2) is 0 Å². The van der Waals surface area contributed by atoms with E-state index in [0.29, 0.717) is 6.07 Å². The lowest BCUT2D eigenvalue weighted by Crippen LogP contribution is -2.27. The van der Waals surface area contributed by atoms with Crippen LogP contribution >= 0.6 is 0 Å². The molecule has 0 saturated heterocycles. The van der Waals surface area contributed by atoms with E-state index in [0.717, 1.165) is 16.0 Å². The molecular weight excluding hydrogens is 388 g/mol. The molecular formula is C16H16N6O7. The number of nitrogens with zero attached hydrogens (tertiary/aromatic N) is 6. The highest BCUT2D eigenvalue weighted by atomic mass is 16.7. The maximum Gasteiger partial charge on any atom is 0.321 e. The third kappa shape index (κ3) is 4.71. The van der Waals surface area contributed by atoms with E-state index in [4.69, 9.17) is 4.84 Å². The molecule has 13 heteroatoms. The average molecular weight is 404 g/mol. The van der Waals surface area contributed by atoms with E-state index in [2.05, 4.69) is 5.28 Å². The summed E-state index contributed by atoms with van der Waals surface area (Å²) in [5.74, 6) is -1.14. The third-order valence-electron chi connectivity index (χ3n) is 3.69. The molecule has 29 heavy (non-hydrogen) atoms. The van der Waals surface area contributed by atoms with E-state index in [1.54, 1.807) is 18.2 Å². The summed E-state index contributed by atoms with van der Waals surface area (Å²) in [7, 11) is 3.97. The lowest BCUT2D eigenvalue weighted by atomic mass is 10.1. The van der Waals surface area contributed by atoms with Crippen LogP contribution in [0, 0.1) is 25.4 Å². The van der Waals surface area contributed by atoms with Crippen LogP contribution in [0.1, 0.15) is 10.4 Å². The first-order chi connectivity index (χ1) is 13.6. The van der Waals surface area contributed by atoms with Gasteiger partial charge in [0.05, 0.1) is 28.9 Å². The fourth-order valence-electron chi connectivity index (χ4n) is 2.21. The molecule has 2 aromatic carbocycles. The number of carbonyl (C=O) groups is 1. The summed E-state index contributed by atoms with van der Waals surface area (Å²) < 4.78 is 0. The highest BCUT2D eigenvalue weighted by Crippen LogP contribution is 2.39. The molecule has 2 aromatic rings. The minimum Gasteiger partial charge on any atom is -0.569 e. The summed E-state index contributed by atoms with van der Waals surface area (Å²) in [4.78, 5) is 39.4. The highest BCUT2D eigenvalue weighted by Gasteiger charge is 2.30. The van der Waals surface area contributed by atoms with Crippen LogP contribution in [0.4, 0.5) is 17.1 Å². The Hall–Kier alpha value is -4.29. The van der Waals surface area contributed by atoms with Gasteiger partial charge >= 0.3 is 5.69 Å². The molecule has 0 fully saturated rings. The molecule has 0 aromatic heterocycles. The van der Waals surface area contributed by atoms with Crippen molar-refractivity contribution in [3.8, 4) is 5.75 Å². The average Bonchev–Trinajstić information content (AvgIpc) is 2.70. The molecule has 0 saturated carbocycles. The van der Waals surface area contributed by atoms with Crippen LogP contribution in [0.2, 0.25) is 0 Å². The zero-order valence-corrected chi connectivity index (χ0v) is 15.6. The maximum atomic E-state index is 12.6. The number of hydrogen-bond acceptors (Lipinski definition) is 8. The quantitative estimate of drug-likeness (QED) is 0.295. The largest absolute Gasteiger partial charge is 0.569 e. The van der Waals surface area contributed by atoms with Crippen molar-refractivity contribution < 1.29 is 24.4 Å². The van der Waals surface area contributed by atoms with Crippen molar-refractivity contribution in [2.75, 3.05) is 26.0 Å². The molecule has 152 valence electrons. The smallest absolute Gasteiger partial charge is 0.321 e. The van der Waals surface area contributed by atoms with Gasteiger partial charge in [0.25, 0.3) is 11.6 Å². The number of carbonyl (C=O) groups excluding carboxylic acids is 1. The van der Waals surface area contributed by atoms with Gasteiger partial charge in [-0.2, -0.15) is 5.01 Å². The lowest BCUT2D eigenvalue weighted by Gasteiger charge is -2.17. The van der Waals surface area contributed by atoms with Gasteiger partial charge in [0, 0.05) is 18.7 Å². The zero-order chi connectivity index (χ0) is 21.7. The van der Waals surface area contributed by atoms with E-state index in [-0.39, 0.29) is 16.2 Å². The molecule has 0 radical (unpaired) electrons. The number of benzene rings is 2. The number of amides is 1. The van der Waals surface area contributed by atoms with Crippen LogP contribution in [-0.4, -0.2) is 46.9 Å². The fraction of sp³-hybridized carbons (Fsp3) is 0.188. The van der Waals surface area contributed by atoms with Crippen LogP contribution in [-0.2, 0) is 0 Å². The first kappa shape index (κ1) is 21.0. The minimum atomic E-state index is -0.925. The third-order valence-corrected chi connectivity index (χ3v) is 3.69. The maximum absolute atomic E-state index is 12.6. The number of nitro groups is 2. The van der Waals surface area contributed by atoms with Crippen LogP contribution in [0.15, 0.2) is 47.7 Å². The summed E-state index contributed by atoms with van der Waals surface area (Å²) in [5, 5.41) is 38.3. The second kappa shape index (κ2) is 8.60. The number of anilines is 1. The Morgan fingerprint density at radius 2 is 1.55 bits per heavy atom. The van der Waals surface area contributed by atoms with Crippen LogP contribution < -0.4 is 9.74 Å². The second-order valence-electron chi connectivity index (χ2n) is 5.83. The van der Waals surface area contributed by atoms with Gasteiger partial charge in [-0.05, 0) is 12.1 Å². The molecule has 0 unspecified atom stereocenters. The van der Waals surface area contributed by atoms with Gasteiger partial charge in [-0.25, -0.2) is 0 Å². The SMILES string of the molecule is CN(C(=O)c1ccccc1)c1cc(O/N=[N+](\[O-])N(C)C)c([N+](=O)[O-])cc1[N+](=O)[O-]. The van der Waals surface area contributed by atoms with Gasteiger partial charge in [-0.1, -0.05) is 18.2 Å². The molecule has 0 heterocycles. The van der Waals surface area contributed by atoms with Crippen molar-refractivity contribution in [1.82, 2.24) is 5.01 Å². The fourth-order valence-corrected chi connectivity index (χ4v) is 2.21. The predicted molar refractivity (Wildman–Crippen MR) is 99.3 cm³/mol. The number of hydrogen-bond donors (Lipinski definition) is 0. The van der Waals surface area contributed by atoms with Gasteiger partial charge < -0.3 is 10.1 Å². The molecule has 2 rings (SSSR count). The van der Waals surface area contributed by atoms with Crippen molar-refractivity contribution in [3.05, 3.63) is 73.5 Å². The number of rotatable bonds is 7. The van der Waals surface area contributed by atoms with Crippen molar-refractivity contribution in [2.24, 2.45) is 5.28 Å². The van der Waals surface area contributed by atoms with E-state index in [9.17, 15) is 30.2 Å². The van der Waals surface area contributed by atoms with Crippen molar-refractivity contribution in [1.29, 1.82) is 0 Å². The predicted octanol–water partition coefficient (Wildman–Crippen LogP) is 2.51. The number of nitro benzene ring substituents is 2. The summed E-state index contributed by atoms with van der Waals surface area (Å²) in [5.41, 5.74) is -1.52. The molecule has 0 aliphatic heterocycles. The molecule has 0 atom stereocenters. The van der Waals surface area contributed by atoms with Crippen molar-refractivity contribution >= 4 is 23.0 Å². The Balaban J connectivity index is 2.59. The Morgan fingerprint density at radius 3 is 2.07 bits per heavy atom. The molecule has 0 bridgehead atoms. The van der Waals surface area contributed by atoms with Crippen LogP contribution in [0.25, 0.3) is 0 Å². The summed E-state index contributed by atoms with van der Waals surface area (Å²) in [6.45, 7) is 0. The van der Waals surface area contributed by atoms with E-state index < -0.39 is 32.9 Å². The van der Waals surface area contributed by atoms with Gasteiger partial charge in [0.1, 0.15) is 11.8 Å². The van der Waals surface area contributed by atoms with E-state index in [1.807, 2.05) is 0 Å². The summed E-state index contributed by atoms with van der Waals surface area (Å²) >= 11 is 0. The first-order valence-corrected chi connectivity index (χ1v) is 7.96. The standard InChI is InChI=1S/C16H16N6O7/c1-18(2)22(28)17-29-15-10-12(13(20(24)25)9-14(15)21(26)27)19(3)16(23)11-7-5-4-6-8-11/h4-10H,1-3H3/b22-17-. The summed E-state index contributed by atoms with van der Waals surface area (Å²) in [6, 6.07) is 9.48. The first-order valence-electron chi connectivity index (χ1n) is 7.96. The molecule has 13 nitrogen and oxygen atoms in total. The lowest BCUT2D eigenvalue weighted by molar-refractivity contribution is -0.695. The highest BCUT2D eigenvalue weighted by molar-refractivity contribution is 6.07. The Kier molecular flexibility index (Phi) is 6.23. The van der Waals surface area contributed by atoms with Crippen molar-refractivity contribution in [2.45, 2.75) is 0 Å². The van der Waals surface area contributed by atoms with E-state index >= 15 is 0 Å². The molecule has 1 amide bonds. The van der Waals surface area contributed by atoms with Crippen LogP contribution in [0.3, 0.4) is 0 Å². The van der Waals surface area contributed by atoms with Crippen LogP contribution in [0.5, 0.6) is 5.75 Å². The minimum absolute atomic E-state index is 0.00362. The monoisotopic (exact) mass is 404 g/mol. The van der Waals surface area contributed by atoms with Crippen molar-refractivity contribution in [3.63, 3.8) is 0 Å².